The number of hydrogen-bond donors (Lipinski definition) is 1. The Morgan fingerprint density at radius 1 is 1.53 bits per heavy atom. The molecule has 1 aromatic heterocycles. The van der Waals surface area contributed by atoms with Crippen molar-refractivity contribution in [1.82, 2.24) is 4.57 Å². The quantitative estimate of drug-likeness (QED) is 0.288. The van der Waals surface area contributed by atoms with Crippen LogP contribution in [0.1, 0.15) is 0 Å². The minimum absolute atomic E-state index is 0.0570. The van der Waals surface area contributed by atoms with Gasteiger partial charge in [-0.15, -0.1) is 0 Å². The van der Waals surface area contributed by atoms with Crippen molar-refractivity contribution in [2.75, 3.05) is 0 Å². The van der Waals surface area contributed by atoms with Gasteiger partial charge in [-0.1, -0.05) is 5.11 Å². The third kappa shape index (κ3) is 1.84. The van der Waals surface area contributed by atoms with Crippen LogP contribution < -0.4 is 0 Å². The number of aromatic hydroxyl groups is 1. The number of hydrogen-bond acceptors (Lipinski definition) is 4. The predicted molar refractivity (Wildman–Crippen MR) is 59.4 cm³/mol. The molecule has 0 bridgehead atoms. The van der Waals surface area contributed by atoms with Crippen molar-refractivity contribution in [3.8, 4) is 5.88 Å². The van der Waals surface area contributed by atoms with Gasteiger partial charge in [0.1, 0.15) is 6.67 Å². The standard InChI is InChI=1S/C9H7N5O3/c10-12-11-5-13-8-2-1-7(14(16)17)3-6(8)4-9(13)15/h1-4,15H,5H2. The van der Waals surface area contributed by atoms with E-state index in [0.29, 0.717) is 10.9 Å². The normalized spacial score (nSPS) is 10.1. The summed E-state index contributed by atoms with van der Waals surface area (Å²) in [5, 5.41) is 24.0. The number of non-ortho nitro benzene ring substituents is 1. The molecular formula is C9H7N5O3. The van der Waals surface area contributed by atoms with Gasteiger partial charge in [0.05, 0.1) is 10.4 Å². The van der Waals surface area contributed by atoms with Crippen LogP contribution in [0, 0.1) is 10.1 Å². The number of nitrogens with zero attached hydrogens (tertiary/aromatic N) is 5. The minimum atomic E-state index is -0.513. The molecule has 86 valence electrons. The number of azide groups is 1. The summed E-state index contributed by atoms with van der Waals surface area (Å²) in [4.78, 5) is 12.7. The molecule has 17 heavy (non-hydrogen) atoms. The smallest absolute Gasteiger partial charge is 0.270 e. The summed E-state index contributed by atoms with van der Waals surface area (Å²) in [7, 11) is 0. The first kappa shape index (κ1) is 10.8. The minimum Gasteiger partial charge on any atom is -0.494 e. The highest BCUT2D eigenvalue weighted by Gasteiger charge is 2.11. The van der Waals surface area contributed by atoms with Gasteiger partial charge in [0.2, 0.25) is 0 Å². The number of fused-ring (bicyclic) bond motifs is 1. The van der Waals surface area contributed by atoms with Crippen LogP contribution in [-0.2, 0) is 6.67 Å². The summed E-state index contributed by atoms with van der Waals surface area (Å²) in [6, 6.07) is 5.56. The molecule has 0 fully saturated rings. The zero-order valence-corrected chi connectivity index (χ0v) is 8.52. The molecule has 8 nitrogen and oxygen atoms in total. The average Bonchev–Trinajstić information content (AvgIpc) is 2.61. The van der Waals surface area contributed by atoms with Gasteiger partial charge in [-0.05, 0) is 11.6 Å². The van der Waals surface area contributed by atoms with Crippen molar-refractivity contribution in [3.63, 3.8) is 0 Å². The number of aromatic nitrogens is 1. The van der Waals surface area contributed by atoms with Crippen LogP contribution in [0.15, 0.2) is 29.4 Å². The van der Waals surface area contributed by atoms with Crippen LogP contribution in [-0.4, -0.2) is 14.6 Å². The van der Waals surface area contributed by atoms with Crippen molar-refractivity contribution < 1.29 is 10.0 Å². The third-order valence-electron chi connectivity index (χ3n) is 2.34. The summed E-state index contributed by atoms with van der Waals surface area (Å²) < 4.78 is 1.36. The maximum atomic E-state index is 10.6. The Labute approximate surface area is 94.5 Å². The first-order chi connectivity index (χ1) is 8.13. The Morgan fingerprint density at radius 3 is 2.94 bits per heavy atom. The van der Waals surface area contributed by atoms with E-state index in [2.05, 4.69) is 10.0 Å². The van der Waals surface area contributed by atoms with Gasteiger partial charge in [0.25, 0.3) is 5.69 Å². The maximum absolute atomic E-state index is 10.6. The van der Waals surface area contributed by atoms with Crippen molar-refractivity contribution in [2.24, 2.45) is 5.11 Å². The second-order valence-electron chi connectivity index (χ2n) is 3.30. The molecular weight excluding hydrogens is 226 g/mol. The zero-order valence-electron chi connectivity index (χ0n) is 8.52. The van der Waals surface area contributed by atoms with E-state index in [1.165, 1.54) is 28.8 Å². The topological polar surface area (TPSA) is 117 Å². The Balaban J connectivity index is 2.59. The molecule has 0 aliphatic heterocycles. The van der Waals surface area contributed by atoms with Crippen LogP contribution in [0.4, 0.5) is 5.69 Å². The summed E-state index contributed by atoms with van der Waals surface area (Å²) in [5.74, 6) is -0.104. The molecule has 0 aliphatic rings. The van der Waals surface area contributed by atoms with E-state index in [0.717, 1.165) is 0 Å². The summed E-state index contributed by atoms with van der Waals surface area (Å²) >= 11 is 0. The molecule has 1 heterocycles. The van der Waals surface area contributed by atoms with E-state index in [1.54, 1.807) is 0 Å². The van der Waals surface area contributed by atoms with Gasteiger partial charge >= 0.3 is 0 Å². The van der Waals surface area contributed by atoms with Crippen LogP contribution in [0.5, 0.6) is 5.88 Å². The van der Waals surface area contributed by atoms with Gasteiger partial charge in [-0.25, -0.2) is 0 Å². The molecule has 0 saturated heterocycles. The molecule has 0 spiro atoms. The first-order valence-electron chi connectivity index (χ1n) is 4.61. The lowest BCUT2D eigenvalue weighted by molar-refractivity contribution is -0.384. The van der Waals surface area contributed by atoms with E-state index in [4.69, 9.17) is 5.53 Å². The number of benzene rings is 1. The number of nitro groups is 1. The third-order valence-corrected chi connectivity index (χ3v) is 2.34. The van der Waals surface area contributed by atoms with Crippen LogP contribution in [0.25, 0.3) is 21.3 Å². The second-order valence-corrected chi connectivity index (χ2v) is 3.30. The van der Waals surface area contributed by atoms with Gasteiger partial charge in [0, 0.05) is 28.5 Å². The lowest BCUT2D eigenvalue weighted by Gasteiger charge is -2.01. The van der Waals surface area contributed by atoms with Gasteiger partial charge in [0.15, 0.2) is 5.88 Å². The SMILES string of the molecule is [N-]=[N+]=NCn1c(O)cc2cc([N+](=O)[O-])ccc21. The van der Waals surface area contributed by atoms with E-state index in [-0.39, 0.29) is 18.2 Å². The lowest BCUT2D eigenvalue weighted by Crippen LogP contribution is -1.93. The molecule has 0 atom stereocenters. The van der Waals surface area contributed by atoms with Crippen molar-refractivity contribution in [1.29, 1.82) is 0 Å². The van der Waals surface area contributed by atoms with Crippen molar-refractivity contribution in [2.45, 2.75) is 6.67 Å². The molecule has 2 aromatic rings. The molecule has 0 aliphatic carbocycles. The molecule has 1 aromatic carbocycles. The van der Waals surface area contributed by atoms with Crippen LogP contribution >= 0.6 is 0 Å². The molecule has 0 amide bonds. The summed E-state index contributed by atoms with van der Waals surface area (Å²) in [5.41, 5.74) is 8.73. The van der Waals surface area contributed by atoms with E-state index in [1.807, 2.05) is 0 Å². The van der Waals surface area contributed by atoms with Crippen molar-refractivity contribution >= 4 is 16.6 Å². The Hall–Kier alpha value is -2.73. The highest BCUT2D eigenvalue weighted by atomic mass is 16.6. The molecule has 0 radical (unpaired) electrons. The average molecular weight is 233 g/mol. The molecule has 0 unspecified atom stereocenters. The fraction of sp³-hybridized carbons (Fsp3) is 0.111. The summed E-state index contributed by atoms with van der Waals surface area (Å²) in [6.45, 7) is -0.0658. The van der Waals surface area contributed by atoms with E-state index < -0.39 is 4.92 Å². The van der Waals surface area contributed by atoms with Crippen LogP contribution in [0.2, 0.25) is 0 Å². The van der Waals surface area contributed by atoms with E-state index >= 15 is 0 Å². The number of nitro benzene ring substituents is 1. The molecule has 1 N–H and O–H groups in total. The number of rotatable bonds is 3. The lowest BCUT2D eigenvalue weighted by atomic mass is 10.2. The highest BCUT2D eigenvalue weighted by Crippen LogP contribution is 2.27. The van der Waals surface area contributed by atoms with Gasteiger partial charge < -0.3 is 9.67 Å². The van der Waals surface area contributed by atoms with Crippen molar-refractivity contribution in [3.05, 3.63) is 44.8 Å². The Kier molecular flexibility index (Phi) is 2.55. The largest absolute Gasteiger partial charge is 0.494 e. The van der Waals surface area contributed by atoms with E-state index in [9.17, 15) is 15.2 Å². The van der Waals surface area contributed by atoms with Crippen LogP contribution in [0.3, 0.4) is 0 Å². The predicted octanol–water partition coefficient (Wildman–Crippen LogP) is 2.52. The second kappa shape index (κ2) is 4.03. The summed E-state index contributed by atoms with van der Waals surface area (Å²) in [6.07, 6.45) is 0. The monoisotopic (exact) mass is 233 g/mol. The molecule has 2 rings (SSSR count). The molecule has 0 saturated carbocycles. The van der Waals surface area contributed by atoms with Gasteiger partial charge in [-0.3, -0.25) is 10.1 Å². The highest BCUT2D eigenvalue weighted by molar-refractivity contribution is 5.84. The Morgan fingerprint density at radius 2 is 2.29 bits per heavy atom. The first-order valence-corrected chi connectivity index (χ1v) is 4.61. The maximum Gasteiger partial charge on any atom is 0.270 e. The fourth-order valence-corrected chi connectivity index (χ4v) is 1.60. The fourth-order valence-electron chi connectivity index (χ4n) is 1.60. The molecule has 8 heteroatoms. The Bertz CT molecular complexity index is 641. The van der Waals surface area contributed by atoms with Gasteiger partial charge in [-0.2, -0.15) is 0 Å². The zero-order chi connectivity index (χ0) is 12.4.